The number of hydrogen-bond acceptors (Lipinski definition) is 3. The first-order valence-electron chi connectivity index (χ1n) is 3.83. The number of halogens is 1. The van der Waals surface area contributed by atoms with Gasteiger partial charge in [-0.2, -0.15) is 0 Å². The van der Waals surface area contributed by atoms with E-state index in [1.54, 1.807) is 18.2 Å². The van der Waals surface area contributed by atoms with Crippen molar-refractivity contribution in [1.29, 1.82) is 0 Å². The van der Waals surface area contributed by atoms with Crippen LogP contribution in [0.2, 0.25) is 5.02 Å². The van der Waals surface area contributed by atoms with Crippen LogP contribution in [-0.4, -0.2) is 21.3 Å². The Hall–Kier alpha value is -1.68. The quantitative estimate of drug-likeness (QED) is 0.779. The van der Waals surface area contributed by atoms with Crippen molar-refractivity contribution in [2.75, 3.05) is 0 Å². The Morgan fingerprint density at radius 2 is 2.07 bits per heavy atom. The maximum atomic E-state index is 10.6. The molecule has 0 radical (unpaired) electrons. The summed E-state index contributed by atoms with van der Waals surface area (Å²) in [4.78, 5) is 10.6. The molecule has 0 saturated carbocycles. The second kappa shape index (κ2) is 3.23. The number of aromatic carboxylic acids is 1. The summed E-state index contributed by atoms with van der Waals surface area (Å²) >= 11 is 5.74. The normalized spacial score (nSPS) is 10.4. The number of carboxylic acid groups (broad SMARTS) is 1. The predicted molar refractivity (Wildman–Crippen MR) is 51.5 cm³/mol. The first kappa shape index (κ1) is 8.90. The van der Waals surface area contributed by atoms with Crippen molar-refractivity contribution < 1.29 is 9.90 Å². The van der Waals surface area contributed by atoms with E-state index >= 15 is 0 Å². The lowest BCUT2D eigenvalue weighted by Gasteiger charge is -1.97. The summed E-state index contributed by atoms with van der Waals surface area (Å²) in [5.74, 6) is -1.09. The van der Waals surface area contributed by atoms with Gasteiger partial charge >= 0.3 is 5.97 Å². The SMILES string of the molecule is O=C(O)c1cc2ccc(Cl)cc2nn1. The van der Waals surface area contributed by atoms with Crippen LogP contribution in [0.4, 0.5) is 0 Å². The van der Waals surface area contributed by atoms with Crippen molar-refractivity contribution in [2.24, 2.45) is 0 Å². The van der Waals surface area contributed by atoms with Crippen molar-refractivity contribution in [3.63, 3.8) is 0 Å². The van der Waals surface area contributed by atoms with Gasteiger partial charge in [0.05, 0.1) is 5.52 Å². The molecule has 70 valence electrons. The van der Waals surface area contributed by atoms with Crippen molar-refractivity contribution in [1.82, 2.24) is 10.2 Å². The van der Waals surface area contributed by atoms with Crippen LogP contribution in [0.3, 0.4) is 0 Å². The highest BCUT2D eigenvalue weighted by Crippen LogP contribution is 2.17. The zero-order valence-corrected chi connectivity index (χ0v) is 7.69. The third-order valence-electron chi connectivity index (χ3n) is 1.77. The van der Waals surface area contributed by atoms with Crippen LogP contribution in [0.1, 0.15) is 10.5 Å². The summed E-state index contributed by atoms with van der Waals surface area (Å²) < 4.78 is 0. The molecule has 1 heterocycles. The molecule has 2 rings (SSSR count). The Bertz CT molecular complexity index is 513. The highest BCUT2D eigenvalue weighted by atomic mass is 35.5. The summed E-state index contributed by atoms with van der Waals surface area (Å²) in [6, 6.07) is 6.48. The van der Waals surface area contributed by atoms with E-state index in [1.165, 1.54) is 6.07 Å². The zero-order valence-electron chi connectivity index (χ0n) is 6.94. The van der Waals surface area contributed by atoms with Gasteiger partial charge < -0.3 is 5.11 Å². The van der Waals surface area contributed by atoms with E-state index in [0.717, 1.165) is 0 Å². The first-order valence-corrected chi connectivity index (χ1v) is 4.21. The van der Waals surface area contributed by atoms with Gasteiger partial charge in [-0.05, 0) is 18.2 Å². The molecule has 5 heteroatoms. The third-order valence-corrected chi connectivity index (χ3v) is 2.00. The monoisotopic (exact) mass is 208 g/mol. The van der Waals surface area contributed by atoms with Crippen molar-refractivity contribution >= 4 is 28.5 Å². The largest absolute Gasteiger partial charge is 0.476 e. The predicted octanol–water partition coefficient (Wildman–Crippen LogP) is 1.98. The molecule has 0 saturated heterocycles. The van der Waals surface area contributed by atoms with Gasteiger partial charge in [0.2, 0.25) is 0 Å². The fraction of sp³-hybridized carbons (Fsp3) is 0. The molecule has 0 aliphatic heterocycles. The minimum Gasteiger partial charge on any atom is -0.476 e. The van der Waals surface area contributed by atoms with Crippen molar-refractivity contribution in [3.05, 3.63) is 35.0 Å². The number of aromatic nitrogens is 2. The van der Waals surface area contributed by atoms with E-state index in [1.807, 2.05) is 0 Å². The molecule has 2 aromatic rings. The van der Waals surface area contributed by atoms with E-state index in [4.69, 9.17) is 16.7 Å². The van der Waals surface area contributed by atoms with Gasteiger partial charge in [-0.3, -0.25) is 0 Å². The van der Waals surface area contributed by atoms with Gasteiger partial charge in [0.25, 0.3) is 0 Å². The highest BCUT2D eigenvalue weighted by Gasteiger charge is 2.06. The smallest absolute Gasteiger partial charge is 0.356 e. The number of hydrogen-bond donors (Lipinski definition) is 1. The van der Waals surface area contributed by atoms with E-state index in [2.05, 4.69) is 10.2 Å². The summed E-state index contributed by atoms with van der Waals surface area (Å²) in [7, 11) is 0. The minimum atomic E-state index is -1.09. The Morgan fingerprint density at radius 1 is 1.29 bits per heavy atom. The van der Waals surface area contributed by atoms with Gasteiger partial charge in [-0.15, -0.1) is 10.2 Å². The molecule has 0 fully saturated rings. The summed E-state index contributed by atoms with van der Waals surface area (Å²) in [6.07, 6.45) is 0. The van der Waals surface area contributed by atoms with Gasteiger partial charge in [0.15, 0.2) is 5.69 Å². The number of carbonyl (C=O) groups is 1. The van der Waals surface area contributed by atoms with E-state index < -0.39 is 5.97 Å². The van der Waals surface area contributed by atoms with Crippen LogP contribution in [-0.2, 0) is 0 Å². The van der Waals surface area contributed by atoms with E-state index in [-0.39, 0.29) is 5.69 Å². The maximum absolute atomic E-state index is 10.6. The van der Waals surface area contributed by atoms with Crippen LogP contribution in [0.15, 0.2) is 24.3 Å². The summed E-state index contributed by atoms with van der Waals surface area (Å²) in [6.45, 7) is 0. The van der Waals surface area contributed by atoms with Gasteiger partial charge in [-0.1, -0.05) is 17.7 Å². The number of nitrogens with zero attached hydrogens (tertiary/aromatic N) is 2. The molecule has 1 N–H and O–H groups in total. The van der Waals surface area contributed by atoms with Gasteiger partial charge in [0, 0.05) is 10.4 Å². The maximum Gasteiger partial charge on any atom is 0.356 e. The molecule has 0 amide bonds. The van der Waals surface area contributed by atoms with Crippen LogP contribution in [0.5, 0.6) is 0 Å². The average Bonchev–Trinajstić information content (AvgIpc) is 2.16. The fourth-order valence-corrected chi connectivity index (χ4v) is 1.28. The second-order valence-electron chi connectivity index (χ2n) is 2.74. The lowest BCUT2D eigenvalue weighted by Crippen LogP contribution is -2.01. The lowest BCUT2D eigenvalue weighted by molar-refractivity contribution is 0.0689. The Balaban J connectivity index is 2.67. The fourth-order valence-electron chi connectivity index (χ4n) is 1.11. The molecular weight excluding hydrogens is 204 g/mol. The van der Waals surface area contributed by atoms with Crippen molar-refractivity contribution in [3.8, 4) is 0 Å². The third kappa shape index (κ3) is 1.52. The molecule has 0 spiro atoms. The highest BCUT2D eigenvalue weighted by molar-refractivity contribution is 6.31. The molecule has 0 unspecified atom stereocenters. The zero-order chi connectivity index (χ0) is 10.1. The second-order valence-corrected chi connectivity index (χ2v) is 3.17. The van der Waals surface area contributed by atoms with Gasteiger partial charge in [0.1, 0.15) is 0 Å². The molecule has 0 aliphatic rings. The van der Waals surface area contributed by atoms with E-state index in [9.17, 15) is 4.79 Å². The van der Waals surface area contributed by atoms with Crippen molar-refractivity contribution in [2.45, 2.75) is 0 Å². The molecule has 14 heavy (non-hydrogen) atoms. The first-order chi connectivity index (χ1) is 6.66. The van der Waals surface area contributed by atoms with Crippen LogP contribution in [0, 0.1) is 0 Å². The van der Waals surface area contributed by atoms with Crippen LogP contribution < -0.4 is 0 Å². The molecule has 0 aliphatic carbocycles. The molecule has 4 nitrogen and oxygen atoms in total. The lowest BCUT2D eigenvalue weighted by atomic mass is 10.2. The molecule has 1 aromatic heterocycles. The van der Waals surface area contributed by atoms with Crippen LogP contribution >= 0.6 is 11.6 Å². The number of benzene rings is 1. The standard InChI is InChI=1S/C9H5ClN2O2/c10-6-2-1-5-3-8(9(13)14)12-11-7(5)4-6/h1-4H,(H,13,14). The minimum absolute atomic E-state index is 0.0696. The Morgan fingerprint density at radius 3 is 2.79 bits per heavy atom. The summed E-state index contributed by atoms with van der Waals surface area (Å²) in [5.41, 5.74) is 0.516. The summed E-state index contributed by atoms with van der Waals surface area (Å²) in [5, 5.41) is 17.2. The Kier molecular flexibility index (Phi) is 2.05. The number of carboxylic acids is 1. The number of rotatable bonds is 1. The molecule has 0 atom stereocenters. The average molecular weight is 209 g/mol. The Labute approximate surface area is 84.1 Å². The molecular formula is C9H5ClN2O2. The van der Waals surface area contributed by atoms with Crippen LogP contribution in [0.25, 0.3) is 10.9 Å². The number of fused-ring (bicyclic) bond motifs is 1. The molecule has 1 aromatic carbocycles. The molecule has 0 bridgehead atoms. The topological polar surface area (TPSA) is 63.1 Å². The van der Waals surface area contributed by atoms with Gasteiger partial charge in [-0.25, -0.2) is 4.79 Å². The van der Waals surface area contributed by atoms with E-state index in [0.29, 0.717) is 15.9 Å².